The third-order valence-electron chi connectivity index (χ3n) is 8.05. The Kier molecular flexibility index (Phi) is 8.83. The fourth-order valence-electron chi connectivity index (χ4n) is 5.79. The SMILES string of the molecule is C=C/C=C\C/C(F)=C(\C)CN1C(=O)C2=Cc3c(OC)ccc(OC)c3N(C2)CC1(C)C(=O)NC1CCCCC1. The number of fused-ring (bicyclic) bond motifs is 4. The predicted octanol–water partition coefficient (Wildman–Crippen LogP) is 5.33. The van der Waals surface area contributed by atoms with Crippen LogP contribution in [-0.4, -0.2) is 62.1 Å². The van der Waals surface area contributed by atoms with Gasteiger partial charge in [-0.15, -0.1) is 0 Å². The van der Waals surface area contributed by atoms with Crippen LogP contribution in [0, 0.1) is 0 Å². The second-order valence-electron chi connectivity index (χ2n) is 10.8. The molecule has 0 aromatic heterocycles. The van der Waals surface area contributed by atoms with E-state index in [1.807, 2.05) is 23.1 Å². The minimum atomic E-state index is -1.27. The van der Waals surface area contributed by atoms with Crippen LogP contribution in [0.3, 0.4) is 0 Å². The highest BCUT2D eigenvalue weighted by Gasteiger charge is 2.49. The number of rotatable bonds is 9. The molecular formula is C31H40FN3O4. The third kappa shape index (κ3) is 5.75. The Labute approximate surface area is 231 Å². The van der Waals surface area contributed by atoms with E-state index in [1.54, 1.807) is 51.2 Å². The summed E-state index contributed by atoms with van der Waals surface area (Å²) in [6.07, 6.45) is 12.0. The summed E-state index contributed by atoms with van der Waals surface area (Å²) in [6, 6.07) is 3.71. The van der Waals surface area contributed by atoms with Gasteiger partial charge in [-0.2, -0.15) is 0 Å². The van der Waals surface area contributed by atoms with Crippen LogP contribution in [0.2, 0.25) is 0 Å². The first-order chi connectivity index (χ1) is 18.7. The number of halogens is 1. The van der Waals surface area contributed by atoms with Crippen LogP contribution in [-0.2, 0) is 9.59 Å². The van der Waals surface area contributed by atoms with Crippen LogP contribution >= 0.6 is 0 Å². The highest BCUT2D eigenvalue weighted by Crippen LogP contribution is 2.45. The van der Waals surface area contributed by atoms with Gasteiger partial charge in [0.1, 0.15) is 22.9 Å². The minimum absolute atomic E-state index is 0.00300. The number of nitrogens with zero attached hydrogens (tertiary/aromatic N) is 2. The Morgan fingerprint density at radius 2 is 1.90 bits per heavy atom. The molecule has 39 heavy (non-hydrogen) atoms. The van der Waals surface area contributed by atoms with Crippen molar-refractivity contribution in [2.75, 3.05) is 38.8 Å². The van der Waals surface area contributed by atoms with Crippen molar-refractivity contribution in [1.82, 2.24) is 10.2 Å². The number of carbonyl (C=O) groups excluding carboxylic acids is 2. The number of hydrogen-bond donors (Lipinski definition) is 1. The first-order valence-electron chi connectivity index (χ1n) is 13.7. The summed E-state index contributed by atoms with van der Waals surface area (Å²) in [5, 5.41) is 3.24. The molecule has 1 aromatic carbocycles. The van der Waals surface area contributed by atoms with Gasteiger partial charge in [0.15, 0.2) is 0 Å². The molecule has 1 atom stereocenters. The summed E-state index contributed by atoms with van der Waals surface area (Å²) < 4.78 is 26.4. The molecule has 1 aliphatic carbocycles. The van der Waals surface area contributed by atoms with Gasteiger partial charge in [-0.1, -0.05) is 44.1 Å². The van der Waals surface area contributed by atoms with Crippen molar-refractivity contribution >= 4 is 23.6 Å². The molecule has 210 valence electrons. The van der Waals surface area contributed by atoms with Crippen molar-refractivity contribution in [2.45, 2.75) is 64.0 Å². The normalized spacial score (nSPS) is 22.1. The molecular weight excluding hydrogens is 497 g/mol. The van der Waals surface area contributed by atoms with Crippen LogP contribution in [0.25, 0.3) is 6.08 Å². The van der Waals surface area contributed by atoms with Gasteiger partial charge >= 0.3 is 0 Å². The smallest absolute Gasteiger partial charge is 0.252 e. The Balaban J connectivity index is 1.79. The molecule has 1 N–H and O–H groups in total. The molecule has 2 bridgehead atoms. The quantitative estimate of drug-likeness (QED) is 0.431. The molecule has 1 unspecified atom stereocenters. The molecule has 1 saturated heterocycles. The number of amides is 2. The third-order valence-corrected chi connectivity index (χ3v) is 8.05. The Morgan fingerprint density at radius 3 is 2.56 bits per heavy atom. The highest BCUT2D eigenvalue weighted by atomic mass is 19.1. The number of anilines is 1. The zero-order valence-electron chi connectivity index (χ0n) is 23.5. The van der Waals surface area contributed by atoms with Crippen molar-refractivity contribution in [1.29, 1.82) is 0 Å². The van der Waals surface area contributed by atoms with Gasteiger partial charge in [0.2, 0.25) is 5.91 Å². The van der Waals surface area contributed by atoms with E-state index < -0.39 is 5.54 Å². The lowest BCUT2D eigenvalue weighted by molar-refractivity contribution is -0.143. The number of nitrogens with one attached hydrogen (secondary N) is 1. The van der Waals surface area contributed by atoms with Gasteiger partial charge in [-0.05, 0) is 50.5 Å². The summed E-state index contributed by atoms with van der Waals surface area (Å²) in [4.78, 5) is 31.8. The Morgan fingerprint density at radius 1 is 1.21 bits per heavy atom. The van der Waals surface area contributed by atoms with Crippen LogP contribution in [0.4, 0.5) is 10.1 Å². The van der Waals surface area contributed by atoms with Gasteiger partial charge in [0, 0.05) is 36.7 Å². The topological polar surface area (TPSA) is 71.1 Å². The second kappa shape index (κ2) is 12.1. The van der Waals surface area contributed by atoms with Crippen LogP contribution in [0.15, 0.2) is 53.9 Å². The molecule has 8 heteroatoms. The molecule has 2 fully saturated rings. The van der Waals surface area contributed by atoms with Gasteiger partial charge in [-0.3, -0.25) is 9.59 Å². The average molecular weight is 538 g/mol. The maximum Gasteiger partial charge on any atom is 0.252 e. The molecule has 2 heterocycles. The molecule has 2 amide bonds. The molecule has 3 aliphatic rings. The molecule has 1 saturated carbocycles. The zero-order chi connectivity index (χ0) is 28.2. The number of allylic oxidation sites excluding steroid dienone is 4. The second-order valence-corrected chi connectivity index (χ2v) is 10.8. The van der Waals surface area contributed by atoms with Crippen molar-refractivity contribution < 1.29 is 23.5 Å². The van der Waals surface area contributed by atoms with Crippen molar-refractivity contribution in [2.24, 2.45) is 0 Å². The number of methoxy groups -OCH3 is 2. The fourth-order valence-corrected chi connectivity index (χ4v) is 5.79. The van der Waals surface area contributed by atoms with Crippen LogP contribution in [0.5, 0.6) is 11.5 Å². The summed E-state index contributed by atoms with van der Waals surface area (Å²) in [7, 11) is 3.19. The Hall–Kier alpha value is -3.55. The molecule has 4 rings (SSSR count). The lowest BCUT2D eigenvalue weighted by Crippen LogP contribution is -2.63. The predicted molar refractivity (Wildman–Crippen MR) is 153 cm³/mol. The number of ether oxygens (including phenoxy) is 2. The van der Waals surface area contributed by atoms with Crippen molar-refractivity contribution in [3.05, 3.63) is 59.5 Å². The zero-order valence-corrected chi connectivity index (χ0v) is 23.5. The molecule has 0 spiro atoms. The number of carbonyl (C=O) groups is 2. The van der Waals surface area contributed by atoms with Crippen LogP contribution in [0.1, 0.15) is 57.9 Å². The number of hydrogen-bond acceptors (Lipinski definition) is 5. The summed E-state index contributed by atoms with van der Waals surface area (Å²) in [6.45, 7) is 7.62. The van der Waals surface area contributed by atoms with Crippen molar-refractivity contribution in [3.63, 3.8) is 0 Å². The summed E-state index contributed by atoms with van der Waals surface area (Å²) in [5.74, 6) is 0.401. The van der Waals surface area contributed by atoms with E-state index in [2.05, 4.69) is 11.9 Å². The van der Waals surface area contributed by atoms with Crippen molar-refractivity contribution in [3.8, 4) is 11.5 Å². The lowest BCUT2D eigenvalue weighted by atomic mass is 9.92. The van der Waals surface area contributed by atoms with Gasteiger partial charge in [-0.25, -0.2) is 4.39 Å². The first kappa shape index (κ1) is 28.5. The van der Waals surface area contributed by atoms with Gasteiger partial charge in [0.25, 0.3) is 5.91 Å². The van der Waals surface area contributed by atoms with E-state index in [0.717, 1.165) is 43.4 Å². The molecule has 2 aliphatic heterocycles. The molecule has 0 radical (unpaired) electrons. The Bertz CT molecular complexity index is 1210. The van der Waals surface area contributed by atoms with Gasteiger partial charge < -0.3 is 24.6 Å². The fraction of sp³-hybridized carbons (Fsp3) is 0.484. The minimum Gasteiger partial charge on any atom is -0.496 e. The van der Waals surface area contributed by atoms with E-state index >= 15 is 4.39 Å². The molecule has 1 aromatic rings. The largest absolute Gasteiger partial charge is 0.496 e. The summed E-state index contributed by atoms with van der Waals surface area (Å²) in [5.41, 5.74) is 1.17. The average Bonchev–Trinajstić information content (AvgIpc) is 3.02. The highest BCUT2D eigenvalue weighted by molar-refractivity contribution is 6.06. The van der Waals surface area contributed by atoms with Crippen LogP contribution < -0.4 is 19.7 Å². The van der Waals surface area contributed by atoms with E-state index in [4.69, 9.17) is 9.47 Å². The van der Waals surface area contributed by atoms with E-state index in [9.17, 15) is 9.59 Å². The van der Waals surface area contributed by atoms with E-state index in [1.165, 1.54) is 0 Å². The first-order valence-corrected chi connectivity index (χ1v) is 13.7. The standard InChI is InChI=1S/C31H40FN3O4/c1-6-7-9-14-25(32)21(2)18-35-29(36)22-17-24-26(38-4)15-16-27(39-5)28(24)34(19-22)20-31(35,3)30(37)33-23-12-10-8-11-13-23/h6-7,9,15-17,23H,1,8,10-14,18-20H2,2-5H3,(H,33,37)/b9-7-,25-21-. The summed E-state index contributed by atoms with van der Waals surface area (Å²) >= 11 is 0. The van der Waals surface area contributed by atoms with E-state index in [0.29, 0.717) is 29.2 Å². The maximum absolute atomic E-state index is 15.1. The number of benzene rings is 1. The molecule has 7 nitrogen and oxygen atoms in total. The van der Waals surface area contributed by atoms with E-state index in [-0.39, 0.29) is 43.2 Å². The lowest BCUT2D eigenvalue weighted by Gasteiger charge is -2.42. The maximum atomic E-state index is 15.1. The monoisotopic (exact) mass is 537 g/mol. The van der Waals surface area contributed by atoms with Gasteiger partial charge in [0.05, 0.1) is 26.5 Å².